The molecule has 0 aliphatic heterocycles. The molecule has 21 heavy (non-hydrogen) atoms. The number of nitrogens with zero attached hydrogens (tertiary/aromatic N) is 2. The van der Waals surface area contributed by atoms with E-state index in [9.17, 15) is 0 Å². The van der Waals surface area contributed by atoms with Gasteiger partial charge in [-0.1, -0.05) is 6.92 Å². The lowest BCUT2D eigenvalue weighted by Crippen LogP contribution is -2.48. The molecule has 0 amide bonds. The summed E-state index contributed by atoms with van der Waals surface area (Å²) in [4.78, 5) is 6.48. The van der Waals surface area contributed by atoms with Crippen LogP contribution in [0.15, 0.2) is 24.5 Å². The van der Waals surface area contributed by atoms with Gasteiger partial charge in [-0.2, -0.15) is 0 Å². The maximum absolute atomic E-state index is 6.41. The van der Waals surface area contributed by atoms with Gasteiger partial charge in [0.1, 0.15) is 0 Å². The third-order valence-electron chi connectivity index (χ3n) is 3.81. The van der Waals surface area contributed by atoms with Gasteiger partial charge in [-0.3, -0.25) is 9.88 Å². The van der Waals surface area contributed by atoms with E-state index in [1.165, 1.54) is 5.56 Å². The minimum Gasteiger partial charge on any atom is -0.383 e. The summed E-state index contributed by atoms with van der Waals surface area (Å²) < 4.78 is 10.6. The Balaban J connectivity index is 3.04. The molecule has 1 heterocycles. The van der Waals surface area contributed by atoms with Gasteiger partial charge in [0.25, 0.3) is 0 Å². The van der Waals surface area contributed by atoms with Crippen molar-refractivity contribution in [2.24, 2.45) is 5.73 Å². The molecule has 2 N–H and O–H groups in total. The van der Waals surface area contributed by atoms with Crippen LogP contribution in [-0.4, -0.2) is 55.9 Å². The van der Waals surface area contributed by atoms with Gasteiger partial charge in [-0.05, 0) is 31.0 Å². The Morgan fingerprint density at radius 3 is 2.43 bits per heavy atom. The molecule has 0 fully saturated rings. The first kappa shape index (κ1) is 18.0. The van der Waals surface area contributed by atoms with Crippen molar-refractivity contribution in [1.82, 2.24) is 9.88 Å². The highest BCUT2D eigenvalue weighted by molar-refractivity contribution is 5.17. The number of hydrogen-bond acceptors (Lipinski definition) is 5. The fraction of sp³-hybridized carbons (Fsp3) is 0.688. The summed E-state index contributed by atoms with van der Waals surface area (Å²) in [5.74, 6) is 0. The predicted octanol–water partition coefficient (Wildman–Crippen LogP) is 1.84. The quantitative estimate of drug-likeness (QED) is 0.714. The molecule has 0 bridgehead atoms. The second-order valence-electron chi connectivity index (χ2n) is 5.33. The van der Waals surface area contributed by atoms with Crippen molar-refractivity contribution in [2.75, 3.05) is 34.0 Å². The number of methoxy groups -OCH3 is 2. The van der Waals surface area contributed by atoms with Crippen molar-refractivity contribution in [2.45, 2.75) is 38.4 Å². The molecule has 1 rings (SSSR count). The van der Waals surface area contributed by atoms with E-state index in [1.54, 1.807) is 14.2 Å². The molecule has 3 atom stereocenters. The van der Waals surface area contributed by atoms with Gasteiger partial charge in [0.15, 0.2) is 0 Å². The van der Waals surface area contributed by atoms with Crippen molar-refractivity contribution >= 4 is 0 Å². The normalized spacial score (nSPS) is 15.9. The fourth-order valence-electron chi connectivity index (χ4n) is 2.64. The van der Waals surface area contributed by atoms with E-state index >= 15 is 0 Å². The smallest absolute Gasteiger partial charge is 0.0615 e. The Labute approximate surface area is 128 Å². The average molecular weight is 295 g/mol. The SMILES string of the molecule is CCC(N)C(c1ccncc1)N(CCOC)C(C)COC. The number of aromatic nitrogens is 1. The fourth-order valence-corrected chi connectivity index (χ4v) is 2.64. The second-order valence-corrected chi connectivity index (χ2v) is 5.33. The lowest BCUT2D eigenvalue weighted by molar-refractivity contribution is 0.0378. The van der Waals surface area contributed by atoms with Gasteiger partial charge in [0, 0.05) is 45.2 Å². The molecule has 0 saturated carbocycles. The molecule has 1 aromatic rings. The van der Waals surface area contributed by atoms with E-state index < -0.39 is 0 Å². The van der Waals surface area contributed by atoms with E-state index in [-0.39, 0.29) is 18.1 Å². The molecular weight excluding hydrogens is 266 g/mol. The van der Waals surface area contributed by atoms with Crippen molar-refractivity contribution in [3.8, 4) is 0 Å². The van der Waals surface area contributed by atoms with Crippen LogP contribution >= 0.6 is 0 Å². The van der Waals surface area contributed by atoms with Crippen LogP contribution in [0.4, 0.5) is 0 Å². The number of rotatable bonds is 10. The summed E-state index contributed by atoms with van der Waals surface area (Å²) in [6.07, 6.45) is 4.55. The first-order valence-corrected chi connectivity index (χ1v) is 7.54. The van der Waals surface area contributed by atoms with Crippen molar-refractivity contribution in [3.63, 3.8) is 0 Å². The zero-order valence-electron chi connectivity index (χ0n) is 13.7. The molecule has 3 unspecified atom stereocenters. The molecule has 0 aliphatic carbocycles. The molecule has 0 saturated heterocycles. The second kappa shape index (κ2) is 9.84. The maximum atomic E-state index is 6.41. The van der Waals surface area contributed by atoms with Crippen molar-refractivity contribution < 1.29 is 9.47 Å². The Hall–Kier alpha value is -1.01. The zero-order valence-corrected chi connectivity index (χ0v) is 13.7. The highest BCUT2D eigenvalue weighted by Crippen LogP contribution is 2.26. The monoisotopic (exact) mass is 295 g/mol. The van der Waals surface area contributed by atoms with Gasteiger partial charge >= 0.3 is 0 Å². The van der Waals surface area contributed by atoms with Crippen molar-refractivity contribution in [3.05, 3.63) is 30.1 Å². The predicted molar refractivity (Wildman–Crippen MR) is 85.2 cm³/mol. The summed E-state index contributed by atoms with van der Waals surface area (Å²) in [6, 6.07) is 4.54. The van der Waals surface area contributed by atoms with E-state index in [0.717, 1.165) is 13.0 Å². The van der Waals surface area contributed by atoms with Crippen LogP contribution in [0.5, 0.6) is 0 Å². The minimum absolute atomic E-state index is 0.0589. The lowest BCUT2D eigenvalue weighted by Gasteiger charge is -2.39. The van der Waals surface area contributed by atoms with Crippen LogP contribution in [0.2, 0.25) is 0 Å². The van der Waals surface area contributed by atoms with Gasteiger partial charge in [0.2, 0.25) is 0 Å². The van der Waals surface area contributed by atoms with E-state index in [1.807, 2.05) is 24.5 Å². The van der Waals surface area contributed by atoms with Crippen LogP contribution in [0, 0.1) is 0 Å². The van der Waals surface area contributed by atoms with E-state index in [2.05, 4.69) is 23.7 Å². The summed E-state index contributed by atoms with van der Waals surface area (Å²) >= 11 is 0. The van der Waals surface area contributed by atoms with Crippen LogP contribution in [-0.2, 0) is 9.47 Å². The highest BCUT2D eigenvalue weighted by Gasteiger charge is 2.29. The third kappa shape index (κ3) is 5.36. The highest BCUT2D eigenvalue weighted by atomic mass is 16.5. The Kier molecular flexibility index (Phi) is 8.45. The maximum Gasteiger partial charge on any atom is 0.0615 e. The van der Waals surface area contributed by atoms with Crippen LogP contribution in [0.25, 0.3) is 0 Å². The molecule has 0 aliphatic rings. The number of hydrogen-bond donors (Lipinski definition) is 1. The number of nitrogens with two attached hydrogens (primary N) is 1. The summed E-state index contributed by atoms with van der Waals surface area (Å²) in [7, 11) is 3.45. The molecule has 5 heteroatoms. The van der Waals surface area contributed by atoms with Gasteiger partial charge in [0.05, 0.1) is 19.3 Å². The molecular formula is C16H29N3O2. The molecule has 5 nitrogen and oxygen atoms in total. The Morgan fingerprint density at radius 2 is 1.90 bits per heavy atom. The Bertz CT molecular complexity index is 375. The molecule has 0 aromatic carbocycles. The summed E-state index contributed by atoms with van der Waals surface area (Å²) in [5, 5.41) is 0. The van der Waals surface area contributed by atoms with Crippen LogP contribution in [0.3, 0.4) is 0 Å². The topological polar surface area (TPSA) is 60.6 Å². The van der Waals surface area contributed by atoms with Crippen LogP contribution < -0.4 is 5.73 Å². The van der Waals surface area contributed by atoms with Gasteiger partial charge in [-0.25, -0.2) is 0 Å². The zero-order chi connectivity index (χ0) is 15.7. The molecule has 1 aromatic heterocycles. The summed E-state index contributed by atoms with van der Waals surface area (Å²) in [6.45, 7) is 6.44. The average Bonchev–Trinajstić information content (AvgIpc) is 2.51. The van der Waals surface area contributed by atoms with Crippen molar-refractivity contribution in [1.29, 1.82) is 0 Å². The third-order valence-corrected chi connectivity index (χ3v) is 3.81. The first-order chi connectivity index (χ1) is 10.2. The Morgan fingerprint density at radius 1 is 1.24 bits per heavy atom. The largest absolute Gasteiger partial charge is 0.383 e. The van der Waals surface area contributed by atoms with Crippen LogP contribution in [0.1, 0.15) is 31.9 Å². The number of ether oxygens (including phenoxy) is 2. The summed E-state index contributed by atoms with van der Waals surface area (Å²) in [5.41, 5.74) is 7.61. The van der Waals surface area contributed by atoms with Gasteiger partial charge < -0.3 is 15.2 Å². The van der Waals surface area contributed by atoms with Gasteiger partial charge in [-0.15, -0.1) is 0 Å². The minimum atomic E-state index is 0.0589. The standard InChI is InChI=1S/C16H29N3O2/c1-5-15(17)16(14-6-8-18-9-7-14)19(10-11-20-3)13(2)12-21-4/h6-9,13,15-16H,5,10-12,17H2,1-4H3. The van der Waals surface area contributed by atoms with E-state index in [4.69, 9.17) is 15.2 Å². The molecule has 0 radical (unpaired) electrons. The van der Waals surface area contributed by atoms with E-state index in [0.29, 0.717) is 13.2 Å². The number of pyridine rings is 1. The first-order valence-electron chi connectivity index (χ1n) is 7.54. The molecule has 0 spiro atoms. The molecule has 120 valence electrons. The lowest BCUT2D eigenvalue weighted by atomic mass is 9.96.